The fourth-order valence-electron chi connectivity index (χ4n) is 2.02. The van der Waals surface area contributed by atoms with E-state index in [0.29, 0.717) is 27.3 Å². The second-order valence-electron chi connectivity index (χ2n) is 4.64. The Labute approximate surface area is 139 Å². The van der Waals surface area contributed by atoms with E-state index in [1.165, 1.54) is 31.4 Å². The molecule has 0 spiro atoms. The van der Waals surface area contributed by atoms with Gasteiger partial charge in [0, 0.05) is 17.3 Å². The molecule has 0 aliphatic carbocycles. The molecule has 1 amide bonds. The minimum absolute atomic E-state index is 0.0715. The molecule has 2 rings (SSSR count). The van der Waals surface area contributed by atoms with Crippen LogP contribution in [0.3, 0.4) is 0 Å². The van der Waals surface area contributed by atoms with Crippen LogP contribution in [0.15, 0.2) is 41.0 Å². The summed E-state index contributed by atoms with van der Waals surface area (Å²) in [7, 11) is -4.14. The van der Waals surface area contributed by atoms with Gasteiger partial charge in [0.1, 0.15) is 5.76 Å². The molecule has 23 heavy (non-hydrogen) atoms. The van der Waals surface area contributed by atoms with E-state index in [9.17, 15) is 13.2 Å². The lowest BCUT2D eigenvalue weighted by Crippen LogP contribution is -2.41. The Bertz CT molecular complexity index is 790. The number of anilines is 1. The van der Waals surface area contributed by atoms with Gasteiger partial charge in [0.2, 0.25) is 0 Å². The third-order valence-corrected chi connectivity index (χ3v) is 4.34. The predicted molar refractivity (Wildman–Crippen MR) is 87.3 cm³/mol. The number of hydrogen-bond donors (Lipinski definition) is 2. The molecule has 1 aromatic carbocycles. The van der Waals surface area contributed by atoms with Crippen molar-refractivity contribution in [3.63, 3.8) is 0 Å². The van der Waals surface area contributed by atoms with Gasteiger partial charge < -0.3 is 9.73 Å². The van der Waals surface area contributed by atoms with Gasteiger partial charge in [0.15, 0.2) is 0 Å². The summed E-state index contributed by atoms with van der Waals surface area (Å²) in [6.45, 7) is 1.77. The zero-order valence-corrected chi connectivity index (χ0v) is 13.9. The van der Waals surface area contributed by atoms with Crippen molar-refractivity contribution in [1.82, 2.24) is 4.31 Å². The second kappa shape index (κ2) is 7.03. The number of rotatable bonds is 6. The van der Waals surface area contributed by atoms with Crippen LogP contribution in [0.4, 0.5) is 5.69 Å². The van der Waals surface area contributed by atoms with Crippen molar-refractivity contribution in [3.8, 4) is 0 Å². The molecule has 2 aromatic rings. The van der Waals surface area contributed by atoms with E-state index in [4.69, 9.17) is 21.2 Å². The number of furan rings is 1. The summed E-state index contributed by atoms with van der Waals surface area (Å²) in [6.07, 6.45) is 1.53. The number of halogens is 1. The molecule has 0 fully saturated rings. The third kappa shape index (κ3) is 4.25. The highest BCUT2D eigenvalue weighted by atomic mass is 35.5. The van der Waals surface area contributed by atoms with Crippen molar-refractivity contribution < 1.29 is 17.6 Å². The van der Waals surface area contributed by atoms with Crippen LogP contribution in [0.2, 0.25) is 5.02 Å². The normalized spacial score (nSPS) is 11.3. The topological polar surface area (TPSA) is 106 Å². The molecular formula is C14H16ClN3O4S. The van der Waals surface area contributed by atoms with Crippen molar-refractivity contribution in [3.05, 3.63) is 52.9 Å². The van der Waals surface area contributed by atoms with Gasteiger partial charge in [-0.2, -0.15) is 8.42 Å². The lowest BCUT2D eigenvalue weighted by Gasteiger charge is -2.20. The van der Waals surface area contributed by atoms with Crippen molar-refractivity contribution in [1.29, 1.82) is 0 Å². The number of carbonyl (C=O) groups excluding carboxylic acids is 1. The first kappa shape index (κ1) is 17.3. The van der Waals surface area contributed by atoms with E-state index in [0.717, 1.165) is 0 Å². The standard InChI is InChI=1S/C14H16ClN3O4S/c1-2-18(23(16,20)21)14(19)12-6-5-10(15)8-13(12)17-9-11-4-3-7-22-11/h3-8,17H,2,9H2,1H3,(H2,16,20,21). The fraction of sp³-hybridized carbons (Fsp3) is 0.214. The Hall–Kier alpha value is -2.03. The lowest BCUT2D eigenvalue weighted by molar-refractivity contribution is 0.0867. The van der Waals surface area contributed by atoms with Crippen LogP contribution in [0.1, 0.15) is 23.0 Å². The first-order valence-corrected chi connectivity index (χ1v) is 8.61. The predicted octanol–water partition coefficient (Wildman–Crippen LogP) is 2.21. The quantitative estimate of drug-likeness (QED) is 0.824. The highest BCUT2D eigenvalue weighted by Crippen LogP contribution is 2.24. The Morgan fingerprint density at radius 3 is 2.70 bits per heavy atom. The zero-order chi connectivity index (χ0) is 17.0. The van der Waals surface area contributed by atoms with E-state index < -0.39 is 16.1 Å². The molecule has 0 saturated heterocycles. The monoisotopic (exact) mass is 357 g/mol. The van der Waals surface area contributed by atoms with Crippen LogP contribution < -0.4 is 10.5 Å². The summed E-state index contributed by atoms with van der Waals surface area (Å²) >= 11 is 5.95. The highest BCUT2D eigenvalue weighted by Gasteiger charge is 2.25. The van der Waals surface area contributed by atoms with Crippen molar-refractivity contribution in [2.45, 2.75) is 13.5 Å². The van der Waals surface area contributed by atoms with Crippen LogP contribution in [0.25, 0.3) is 0 Å². The molecule has 0 unspecified atom stereocenters. The average molecular weight is 358 g/mol. The minimum Gasteiger partial charge on any atom is -0.467 e. The van der Waals surface area contributed by atoms with E-state index in [-0.39, 0.29) is 12.1 Å². The summed E-state index contributed by atoms with van der Waals surface area (Å²) in [5, 5.41) is 8.49. The molecule has 7 nitrogen and oxygen atoms in total. The van der Waals surface area contributed by atoms with Gasteiger partial charge in [0.05, 0.1) is 18.4 Å². The van der Waals surface area contributed by atoms with Gasteiger partial charge in [-0.3, -0.25) is 4.79 Å². The number of hydrogen-bond acceptors (Lipinski definition) is 5. The van der Waals surface area contributed by atoms with E-state index in [1.54, 1.807) is 12.1 Å². The minimum atomic E-state index is -4.14. The molecule has 0 aliphatic heterocycles. The smallest absolute Gasteiger partial charge is 0.301 e. The SMILES string of the molecule is CCN(C(=O)c1ccc(Cl)cc1NCc1ccco1)S(N)(=O)=O. The Morgan fingerprint density at radius 2 is 2.13 bits per heavy atom. The molecule has 0 atom stereocenters. The number of nitrogens with zero attached hydrogens (tertiary/aromatic N) is 1. The summed E-state index contributed by atoms with van der Waals surface area (Å²) < 4.78 is 28.8. The number of amides is 1. The molecule has 0 bridgehead atoms. The first-order chi connectivity index (χ1) is 10.8. The van der Waals surface area contributed by atoms with Crippen LogP contribution >= 0.6 is 11.6 Å². The summed E-state index contributed by atoms with van der Waals surface area (Å²) in [6, 6.07) is 7.99. The summed E-state index contributed by atoms with van der Waals surface area (Å²) in [5.74, 6) is -0.0734. The maximum Gasteiger partial charge on any atom is 0.301 e. The molecule has 3 N–H and O–H groups in total. The summed E-state index contributed by atoms with van der Waals surface area (Å²) in [5.41, 5.74) is 0.540. The number of nitrogens with one attached hydrogen (secondary N) is 1. The fourth-order valence-corrected chi connectivity index (χ4v) is 2.88. The maximum absolute atomic E-state index is 12.5. The molecule has 0 aliphatic rings. The van der Waals surface area contributed by atoms with Crippen LogP contribution in [-0.4, -0.2) is 25.2 Å². The van der Waals surface area contributed by atoms with Gasteiger partial charge in [-0.25, -0.2) is 9.44 Å². The summed E-state index contributed by atoms with van der Waals surface area (Å²) in [4.78, 5) is 12.5. The van der Waals surface area contributed by atoms with Gasteiger partial charge in [0.25, 0.3) is 5.91 Å². The molecule has 1 aromatic heterocycles. The van der Waals surface area contributed by atoms with Crippen molar-refractivity contribution in [2.75, 3.05) is 11.9 Å². The molecule has 1 heterocycles. The Morgan fingerprint density at radius 1 is 1.39 bits per heavy atom. The second-order valence-corrected chi connectivity index (χ2v) is 6.54. The van der Waals surface area contributed by atoms with E-state index >= 15 is 0 Å². The molecule has 124 valence electrons. The first-order valence-electron chi connectivity index (χ1n) is 6.73. The van der Waals surface area contributed by atoms with Gasteiger partial charge in [-0.1, -0.05) is 11.6 Å². The largest absolute Gasteiger partial charge is 0.467 e. The molecule has 0 radical (unpaired) electrons. The average Bonchev–Trinajstić information content (AvgIpc) is 2.97. The van der Waals surface area contributed by atoms with Gasteiger partial charge in [-0.05, 0) is 37.3 Å². The number of benzene rings is 1. The Kier molecular flexibility index (Phi) is 5.30. The van der Waals surface area contributed by atoms with Gasteiger partial charge in [-0.15, -0.1) is 0 Å². The lowest BCUT2D eigenvalue weighted by atomic mass is 10.1. The number of nitrogens with two attached hydrogens (primary N) is 1. The molecular weight excluding hydrogens is 342 g/mol. The number of carbonyl (C=O) groups is 1. The van der Waals surface area contributed by atoms with Crippen molar-refractivity contribution in [2.24, 2.45) is 5.14 Å². The molecule has 0 saturated carbocycles. The van der Waals surface area contributed by atoms with E-state index in [2.05, 4.69) is 5.32 Å². The van der Waals surface area contributed by atoms with Gasteiger partial charge >= 0.3 is 10.2 Å². The van der Waals surface area contributed by atoms with Crippen LogP contribution in [0, 0.1) is 0 Å². The Balaban J connectivity index is 2.32. The molecule has 9 heteroatoms. The zero-order valence-electron chi connectivity index (χ0n) is 12.3. The van der Waals surface area contributed by atoms with Crippen LogP contribution in [0.5, 0.6) is 0 Å². The van der Waals surface area contributed by atoms with Crippen molar-refractivity contribution >= 4 is 33.4 Å². The van der Waals surface area contributed by atoms with E-state index in [1.807, 2.05) is 0 Å². The highest BCUT2D eigenvalue weighted by molar-refractivity contribution is 7.87. The maximum atomic E-state index is 12.5. The van der Waals surface area contributed by atoms with Crippen LogP contribution in [-0.2, 0) is 16.8 Å². The third-order valence-electron chi connectivity index (χ3n) is 3.07.